The molecule has 3 aromatic heterocycles. The van der Waals surface area contributed by atoms with Crippen molar-refractivity contribution in [2.24, 2.45) is 0 Å². The molecule has 8 heteroatoms. The van der Waals surface area contributed by atoms with Crippen LogP contribution in [0.2, 0.25) is 0 Å². The van der Waals surface area contributed by atoms with Crippen LogP contribution in [-0.2, 0) is 11.3 Å². The second-order valence-corrected chi connectivity index (χ2v) is 4.41. The molecular weight excluding hydrogens is 272 g/mol. The molecule has 3 N–H and O–H groups in total. The standard InChI is InChI=1S/C13H12N6O2/c20-13(17-21)2-1-10-7-19(18-16-10)8-11-5-9-3-4-14-6-12(9)15-11/h1-7,15,21H,8H2,(H,17,20)/b2-1+. The molecule has 0 atom stereocenters. The predicted molar refractivity (Wildman–Crippen MR) is 74.2 cm³/mol. The molecule has 0 saturated heterocycles. The van der Waals surface area contributed by atoms with Crippen LogP contribution in [0.5, 0.6) is 0 Å². The molecule has 0 aliphatic carbocycles. The average Bonchev–Trinajstić information content (AvgIpc) is 3.10. The topological polar surface area (TPSA) is 109 Å². The lowest BCUT2D eigenvalue weighted by atomic mass is 10.3. The van der Waals surface area contributed by atoms with E-state index in [4.69, 9.17) is 5.21 Å². The second kappa shape index (κ2) is 5.55. The van der Waals surface area contributed by atoms with Crippen molar-refractivity contribution in [3.8, 4) is 0 Å². The fraction of sp³-hybridized carbons (Fsp3) is 0.0769. The quantitative estimate of drug-likeness (QED) is 0.371. The molecule has 0 aliphatic rings. The van der Waals surface area contributed by atoms with E-state index in [1.807, 2.05) is 12.1 Å². The van der Waals surface area contributed by atoms with Gasteiger partial charge in [0.15, 0.2) is 0 Å². The maximum atomic E-state index is 10.9. The third-order valence-corrected chi connectivity index (χ3v) is 2.88. The van der Waals surface area contributed by atoms with Gasteiger partial charge < -0.3 is 4.98 Å². The molecule has 0 saturated carbocycles. The Morgan fingerprint density at radius 3 is 3.24 bits per heavy atom. The number of carbonyl (C=O) groups is 1. The first kappa shape index (κ1) is 13.0. The molecule has 0 radical (unpaired) electrons. The second-order valence-electron chi connectivity index (χ2n) is 4.41. The first-order valence-electron chi connectivity index (χ1n) is 6.18. The fourth-order valence-corrected chi connectivity index (χ4v) is 1.96. The number of hydrogen-bond donors (Lipinski definition) is 3. The summed E-state index contributed by atoms with van der Waals surface area (Å²) in [6.07, 6.45) is 7.84. The summed E-state index contributed by atoms with van der Waals surface area (Å²) in [5.41, 5.74) is 3.97. The zero-order valence-electron chi connectivity index (χ0n) is 10.9. The molecule has 3 rings (SSSR count). The number of nitrogens with zero attached hydrogens (tertiary/aromatic N) is 4. The maximum Gasteiger partial charge on any atom is 0.267 e. The van der Waals surface area contributed by atoms with Gasteiger partial charge in [-0.25, -0.2) is 10.2 Å². The Hall–Kier alpha value is -3.00. The van der Waals surface area contributed by atoms with E-state index in [0.29, 0.717) is 12.2 Å². The SMILES string of the molecule is O=C(/C=C/c1cn(Cc2cc3ccncc3[nH]2)nn1)NO. The van der Waals surface area contributed by atoms with Gasteiger partial charge in [0.05, 0.1) is 24.5 Å². The minimum Gasteiger partial charge on any atom is -0.356 e. The van der Waals surface area contributed by atoms with Crippen molar-refractivity contribution in [3.05, 3.63) is 48.2 Å². The summed E-state index contributed by atoms with van der Waals surface area (Å²) in [5, 5.41) is 17.3. The van der Waals surface area contributed by atoms with E-state index in [-0.39, 0.29) is 0 Å². The zero-order valence-corrected chi connectivity index (χ0v) is 10.9. The van der Waals surface area contributed by atoms with Crippen molar-refractivity contribution in [1.29, 1.82) is 0 Å². The van der Waals surface area contributed by atoms with E-state index in [1.165, 1.54) is 17.6 Å². The van der Waals surface area contributed by atoms with Gasteiger partial charge >= 0.3 is 0 Å². The molecule has 3 aromatic rings. The van der Waals surface area contributed by atoms with E-state index in [2.05, 4.69) is 20.3 Å². The summed E-state index contributed by atoms with van der Waals surface area (Å²) < 4.78 is 1.65. The number of pyridine rings is 1. The lowest BCUT2D eigenvalue weighted by molar-refractivity contribution is -0.124. The Bertz CT molecular complexity index is 771. The van der Waals surface area contributed by atoms with Crippen LogP contribution in [-0.4, -0.2) is 36.1 Å². The van der Waals surface area contributed by atoms with E-state index in [0.717, 1.165) is 16.6 Å². The number of nitrogens with one attached hydrogen (secondary N) is 2. The van der Waals surface area contributed by atoms with Gasteiger partial charge in [0.25, 0.3) is 5.91 Å². The fourth-order valence-electron chi connectivity index (χ4n) is 1.96. The van der Waals surface area contributed by atoms with Crippen LogP contribution in [0.15, 0.2) is 36.8 Å². The Kier molecular flexibility index (Phi) is 3.44. The molecule has 0 unspecified atom stereocenters. The Morgan fingerprint density at radius 2 is 2.43 bits per heavy atom. The normalized spacial score (nSPS) is 11.3. The van der Waals surface area contributed by atoms with Crippen molar-refractivity contribution in [3.63, 3.8) is 0 Å². The summed E-state index contributed by atoms with van der Waals surface area (Å²) in [6.45, 7) is 0.529. The molecule has 106 valence electrons. The molecule has 21 heavy (non-hydrogen) atoms. The van der Waals surface area contributed by atoms with Gasteiger partial charge in [-0.2, -0.15) is 0 Å². The van der Waals surface area contributed by atoms with Crippen molar-refractivity contribution in [2.75, 3.05) is 0 Å². The molecule has 1 amide bonds. The number of rotatable bonds is 4. The molecule has 3 heterocycles. The van der Waals surface area contributed by atoms with Crippen LogP contribution >= 0.6 is 0 Å². The number of aromatic nitrogens is 5. The van der Waals surface area contributed by atoms with Crippen LogP contribution in [0.4, 0.5) is 0 Å². The van der Waals surface area contributed by atoms with Gasteiger partial charge in [0.1, 0.15) is 5.69 Å². The van der Waals surface area contributed by atoms with E-state index in [1.54, 1.807) is 23.3 Å². The Balaban J connectivity index is 1.74. The van der Waals surface area contributed by atoms with Crippen molar-refractivity contribution in [2.45, 2.75) is 6.54 Å². The van der Waals surface area contributed by atoms with Crippen molar-refractivity contribution < 1.29 is 10.0 Å². The van der Waals surface area contributed by atoms with Crippen LogP contribution in [0.1, 0.15) is 11.4 Å². The number of amides is 1. The van der Waals surface area contributed by atoms with E-state index < -0.39 is 5.91 Å². The highest BCUT2D eigenvalue weighted by Gasteiger charge is 2.03. The van der Waals surface area contributed by atoms with Gasteiger partial charge in [-0.1, -0.05) is 5.21 Å². The number of aromatic amines is 1. The molecule has 0 bridgehead atoms. The summed E-state index contributed by atoms with van der Waals surface area (Å²) in [7, 11) is 0. The third-order valence-electron chi connectivity index (χ3n) is 2.88. The maximum absolute atomic E-state index is 10.9. The minimum absolute atomic E-state index is 0.524. The number of hydrogen-bond acceptors (Lipinski definition) is 5. The lowest BCUT2D eigenvalue weighted by Crippen LogP contribution is -2.14. The highest BCUT2D eigenvalue weighted by atomic mass is 16.5. The van der Waals surface area contributed by atoms with Crippen LogP contribution in [0.3, 0.4) is 0 Å². The first-order chi connectivity index (χ1) is 10.2. The monoisotopic (exact) mass is 284 g/mol. The molecule has 0 aromatic carbocycles. The zero-order chi connectivity index (χ0) is 14.7. The lowest BCUT2D eigenvalue weighted by Gasteiger charge is -1.95. The Labute approximate surface area is 119 Å². The van der Waals surface area contributed by atoms with Crippen LogP contribution in [0.25, 0.3) is 17.0 Å². The van der Waals surface area contributed by atoms with Gasteiger partial charge in [0, 0.05) is 23.4 Å². The van der Waals surface area contributed by atoms with Crippen molar-refractivity contribution >= 4 is 22.9 Å². The van der Waals surface area contributed by atoms with Gasteiger partial charge in [0.2, 0.25) is 0 Å². The largest absolute Gasteiger partial charge is 0.356 e. The van der Waals surface area contributed by atoms with Crippen LogP contribution in [0, 0.1) is 0 Å². The number of hydroxylamine groups is 1. The third kappa shape index (κ3) is 2.95. The van der Waals surface area contributed by atoms with E-state index in [9.17, 15) is 4.79 Å². The van der Waals surface area contributed by atoms with E-state index >= 15 is 0 Å². The van der Waals surface area contributed by atoms with Gasteiger partial charge in [-0.3, -0.25) is 15.0 Å². The van der Waals surface area contributed by atoms with Gasteiger partial charge in [-0.05, 0) is 18.2 Å². The number of carbonyl (C=O) groups excluding carboxylic acids is 1. The summed E-state index contributed by atoms with van der Waals surface area (Å²) in [5.74, 6) is -0.618. The number of fused-ring (bicyclic) bond motifs is 1. The Morgan fingerprint density at radius 1 is 1.52 bits per heavy atom. The molecule has 8 nitrogen and oxygen atoms in total. The molecule has 0 spiro atoms. The van der Waals surface area contributed by atoms with Crippen LogP contribution < -0.4 is 5.48 Å². The van der Waals surface area contributed by atoms with Gasteiger partial charge in [-0.15, -0.1) is 5.10 Å². The predicted octanol–water partition coefficient (Wildman–Crippen LogP) is 0.721. The number of H-pyrrole nitrogens is 1. The highest BCUT2D eigenvalue weighted by Crippen LogP contribution is 2.14. The smallest absolute Gasteiger partial charge is 0.267 e. The summed E-state index contributed by atoms with van der Waals surface area (Å²) >= 11 is 0. The molecule has 0 fully saturated rings. The average molecular weight is 284 g/mol. The first-order valence-corrected chi connectivity index (χ1v) is 6.18. The summed E-state index contributed by atoms with van der Waals surface area (Å²) in [6, 6.07) is 3.95. The van der Waals surface area contributed by atoms with Crippen molar-refractivity contribution in [1.82, 2.24) is 30.4 Å². The summed E-state index contributed by atoms with van der Waals surface area (Å²) in [4.78, 5) is 18.2. The molecule has 0 aliphatic heterocycles. The highest BCUT2D eigenvalue weighted by molar-refractivity contribution is 5.90. The molecular formula is C13H12N6O2. The minimum atomic E-state index is -0.618.